The van der Waals surface area contributed by atoms with E-state index < -0.39 is 0 Å². The van der Waals surface area contributed by atoms with Gasteiger partial charge in [0.1, 0.15) is 0 Å². The summed E-state index contributed by atoms with van der Waals surface area (Å²) in [4.78, 5) is 2.48. The first-order chi connectivity index (χ1) is 8.54. The van der Waals surface area contributed by atoms with Crippen LogP contribution in [0, 0.1) is 0 Å². The van der Waals surface area contributed by atoms with Gasteiger partial charge in [0.05, 0.1) is 0 Å². The zero-order valence-corrected chi connectivity index (χ0v) is 13.7. The van der Waals surface area contributed by atoms with E-state index in [0.717, 1.165) is 17.4 Å². The maximum absolute atomic E-state index is 3.57. The van der Waals surface area contributed by atoms with Crippen LogP contribution in [0.1, 0.15) is 45.7 Å². The molecule has 0 aliphatic rings. The SMILES string of the molecule is CCC(C)N(CC)c1ccc(Br)cc1C(C)NC. The second-order valence-corrected chi connectivity index (χ2v) is 5.67. The summed E-state index contributed by atoms with van der Waals surface area (Å²) in [6.07, 6.45) is 1.16. The van der Waals surface area contributed by atoms with Gasteiger partial charge in [0.15, 0.2) is 0 Å². The lowest BCUT2D eigenvalue weighted by atomic mass is 10.0. The minimum atomic E-state index is 0.357. The number of nitrogens with zero attached hydrogens (tertiary/aromatic N) is 1. The molecule has 1 aromatic rings. The Morgan fingerprint density at radius 1 is 1.28 bits per heavy atom. The predicted molar refractivity (Wildman–Crippen MR) is 84.4 cm³/mol. The minimum Gasteiger partial charge on any atom is -0.369 e. The smallest absolute Gasteiger partial charge is 0.0417 e. The molecule has 102 valence electrons. The highest BCUT2D eigenvalue weighted by molar-refractivity contribution is 9.10. The molecule has 3 heteroatoms. The van der Waals surface area contributed by atoms with Crippen LogP contribution in [-0.4, -0.2) is 19.6 Å². The molecule has 18 heavy (non-hydrogen) atoms. The molecule has 0 aromatic heterocycles. The predicted octanol–water partition coefficient (Wildman–Crippen LogP) is 4.35. The Kier molecular flexibility index (Phi) is 6.16. The molecular formula is C15H25BrN2. The van der Waals surface area contributed by atoms with E-state index in [1.807, 2.05) is 7.05 Å². The first kappa shape index (κ1) is 15.5. The average molecular weight is 313 g/mol. The third-order valence-corrected chi connectivity index (χ3v) is 4.16. The molecule has 0 amide bonds. The normalized spacial score (nSPS) is 14.3. The Balaban J connectivity index is 3.20. The van der Waals surface area contributed by atoms with Gasteiger partial charge in [0.25, 0.3) is 0 Å². The van der Waals surface area contributed by atoms with E-state index in [-0.39, 0.29) is 0 Å². The molecule has 0 heterocycles. The lowest BCUT2D eigenvalue weighted by Crippen LogP contribution is -2.33. The van der Waals surface area contributed by atoms with Crippen LogP contribution in [0.3, 0.4) is 0 Å². The van der Waals surface area contributed by atoms with Crippen molar-refractivity contribution in [3.8, 4) is 0 Å². The van der Waals surface area contributed by atoms with Crippen LogP contribution >= 0.6 is 15.9 Å². The highest BCUT2D eigenvalue weighted by Gasteiger charge is 2.17. The highest BCUT2D eigenvalue weighted by atomic mass is 79.9. The van der Waals surface area contributed by atoms with E-state index >= 15 is 0 Å². The molecule has 2 atom stereocenters. The molecule has 0 radical (unpaired) electrons. The molecule has 2 unspecified atom stereocenters. The van der Waals surface area contributed by atoms with Crippen LogP contribution in [0.4, 0.5) is 5.69 Å². The first-order valence-electron chi connectivity index (χ1n) is 6.78. The van der Waals surface area contributed by atoms with E-state index in [4.69, 9.17) is 0 Å². The van der Waals surface area contributed by atoms with Gasteiger partial charge in [0.2, 0.25) is 0 Å². The van der Waals surface area contributed by atoms with Crippen LogP contribution in [0.2, 0.25) is 0 Å². The van der Waals surface area contributed by atoms with Crippen molar-refractivity contribution in [2.24, 2.45) is 0 Å². The molecule has 0 aliphatic carbocycles. The number of hydrogen-bond acceptors (Lipinski definition) is 2. The van der Waals surface area contributed by atoms with Crippen LogP contribution in [-0.2, 0) is 0 Å². The zero-order valence-electron chi connectivity index (χ0n) is 12.1. The Morgan fingerprint density at radius 3 is 2.44 bits per heavy atom. The molecule has 2 nitrogen and oxygen atoms in total. The zero-order chi connectivity index (χ0) is 13.7. The lowest BCUT2D eigenvalue weighted by Gasteiger charge is -2.32. The number of hydrogen-bond donors (Lipinski definition) is 1. The number of rotatable bonds is 6. The molecule has 1 rings (SSSR count). The summed E-state index contributed by atoms with van der Waals surface area (Å²) < 4.78 is 1.14. The van der Waals surface area contributed by atoms with Crippen LogP contribution < -0.4 is 10.2 Å². The van der Waals surface area contributed by atoms with E-state index in [9.17, 15) is 0 Å². The summed E-state index contributed by atoms with van der Waals surface area (Å²) in [5.74, 6) is 0. The number of benzene rings is 1. The number of nitrogens with one attached hydrogen (secondary N) is 1. The molecule has 1 N–H and O–H groups in total. The van der Waals surface area contributed by atoms with Gasteiger partial charge in [-0.1, -0.05) is 22.9 Å². The van der Waals surface area contributed by atoms with Crippen molar-refractivity contribution >= 4 is 21.6 Å². The molecule has 0 saturated heterocycles. The third kappa shape index (κ3) is 3.48. The first-order valence-corrected chi connectivity index (χ1v) is 7.57. The summed E-state index contributed by atoms with van der Waals surface area (Å²) in [7, 11) is 2.01. The Hall–Kier alpha value is -0.540. The summed E-state index contributed by atoms with van der Waals surface area (Å²) >= 11 is 3.57. The van der Waals surface area contributed by atoms with Crippen molar-refractivity contribution in [2.75, 3.05) is 18.5 Å². The average Bonchev–Trinajstić information content (AvgIpc) is 2.39. The Labute approximate surface area is 120 Å². The van der Waals surface area contributed by atoms with Crippen molar-refractivity contribution in [2.45, 2.75) is 46.2 Å². The van der Waals surface area contributed by atoms with E-state index in [0.29, 0.717) is 12.1 Å². The van der Waals surface area contributed by atoms with Gasteiger partial charge < -0.3 is 10.2 Å². The summed E-state index contributed by atoms with van der Waals surface area (Å²) in [6.45, 7) is 10.0. The van der Waals surface area contributed by atoms with Gasteiger partial charge in [-0.15, -0.1) is 0 Å². The molecule has 0 saturated carbocycles. The van der Waals surface area contributed by atoms with Crippen molar-refractivity contribution < 1.29 is 0 Å². The van der Waals surface area contributed by atoms with Crippen LogP contribution in [0.25, 0.3) is 0 Å². The molecule has 0 fully saturated rings. The lowest BCUT2D eigenvalue weighted by molar-refractivity contribution is 0.609. The quantitative estimate of drug-likeness (QED) is 0.840. The van der Waals surface area contributed by atoms with Gasteiger partial charge in [-0.05, 0) is 58.0 Å². The van der Waals surface area contributed by atoms with Gasteiger partial charge in [-0.2, -0.15) is 0 Å². The van der Waals surface area contributed by atoms with Crippen LogP contribution in [0.5, 0.6) is 0 Å². The maximum atomic E-state index is 3.57. The molecule has 0 aliphatic heterocycles. The van der Waals surface area contributed by atoms with E-state index in [1.165, 1.54) is 11.3 Å². The summed E-state index contributed by atoms with van der Waals surface area (Å²) in [5.41, 5.74) is 2.70. The van der Waals surface area contributed by atoms with Crippen molar-refractivity contribution in [1.29, 1.82) is 0 Å². The third-order valence-electron chi connectivity index (χ3n) is 3.66. The topological polar surface area (TPSA) is 15.3 Å². The van der Waals surface area contributed by atoms with Crippen molar-refractivity contribution in [1.82, 2.24) is 5.32 Å². The largest absolute Gasteiger partial charge is 0.369 e. The molecule has 0 bridgehead atoms. The number of anilines is 1. The summed E-state index contributed by atoms with van der Waals surface area (Å²) in [6, 6.07) is 7.51. The Bertz CT molecular complexity index is 379. The van der Waals surface area contributed by atoms with Gasteiger partial charge in [-0.25, -0.2) is 0 Å². The van der Waals surface area contributed by atoms with Gasteiger partial charge >= 0.3 is 0 Å². The fourth-order valence-electron chi connectivity index (χ4n) is 2.23. The van der Waals surface area contributed by atoms with Gasteiger partial charge in [0, 0.05) is 28.8 Å². The van der Waals surface area contributed by atoms with E-state index in [1.54, 1.807) is 0 Å². The molecular weight excluding hydrogens is 288 g/mol. The maximum Gasteiger partial charge on any atom is 0.0417 e. The minimum absolute atomic E-state index is 0.357. The fraction of sp³-hybridized carbons (Fsp3) is 0.600. The van der Waals surface area contributed by atoms with E-state index in [2.05, 4.69) is 72.0 Å². The summed E-state index contributed by atoms with van der Waals surface area (Å²) in [5, 5.41) is 3.34. The van der Waals surface area contributed by atoms with Gasteiger partial charge in [-0.3, -0.25) is 0 Å². The fourth-order valence-corrected chi connectivity index (χ4v) is 2.61. The standard InChI is InChI=1S/C15H25BrN2/c1-6-11(3)18(7-2)15-9-8-13(16)10-14(15)12(4)17-5/h8-12,17H,6-7H2,1-5H3. The highest BCUT2D eigenvalue weighted by Crippen LogP contribution is 2.31. The second kappa shape index (κ2) is 7.15. The number of halogens is 1. The van der Waals surface area contributed by atoms with Crippen molar-refractivity contribution in [3.63, 3.8) is 0 Å². The second-order valence-electron chi connectivity index (χ2n) is 4.76. The van der Waals surface area contributed by atoms with Crippen LogP contribution in [0.15, 0.2) is 22.7 Å². The molecule has 0 spiro atoms. The monoisotopic (exact) mass is 312 g/mol. The van der Waals surface area contributed by atoms with Crippen molar-refractivity contribution in [3.05, 3.63) is 28.2 Å². The molecule has 1 aromatic carbocycles. The Morgan fingerprint density at radius 2 is 1.94 bits per heavy atom.